The number of nitrogens with two attached hydrogens (primary N) is 1. The van der Waals surface area contributed by atoms with Crippen molar-refractivity contribution < 1.29 is 0 Å². The van der Waals surface area contributed by atoms with Gasteiger partial charge in [0.2, 0.25) is 0 Å². The van der Waals surface area contributed by atoms with E-state index in [1.165, 1.54) is 54.3 Å². The lowest BCUT2D eigenvalue weighted by atomic mass is 9.82. The van der Waals surface area contributed by atoms with Crippen LogP contribution in [0.4, 0.5) is 0 Å². The number of thiophene rings is 1. The molecular weight excluding hydrogens is 320 g/mol. The molecule has 0 saturated heterocycles. The molecule has 0 aromatic carbocycles. The summed E-state index contributed by atoms with van der Waals surface area (Å²) >= 11 is 5.31. The molecule has 1 saturated carbocycles. The van der Waals surface area contributed by atoms with Crippen LogP contribution in [0.2, 0.25) is 0 Å². The zero-order valence-corrected chi connectivity index (χ0v) is 14.2. The molecule has 2 N–H and O–H groups in total. The Balaban J connectivity index is 2.05. The van der Waals surface area contributed by atoms with Gasteiger partial charge in [-0.15, -0.1) is 11.3 Å². The lowest BCUT2D eigenvalue weighted by Crippen LogP contribution is -2.52. The van der Waals surface area contributed by atoms with Crippen molar-refractivity contribution >= 4 is 27.3 Å². The van der Waals surface area contributed by atoms with Gasteiger partial charge < -0.3 is 5.73 Å². The molecule has 1 aliphatic carbocycles. The number of halogens is 1. The van der Waals surface area contributed by atoms with E-state index >= 15 is 0 Å². The summed E-state index contributed by atoms with van der Waals surface area (Å²) in [4.78, 5) is 2.51. The summed E-state index contributed by atoms with van der Waals surface area (Å²) in [6.45, 7) is 1.80. The first kappa shape index (κ1) is 15.5. The minimum atomic E-state index is 0.217. The van der Waals surface area contributed by atoms with Gasteiger partial charge in [0.05, 0.1) is 3.79 Å². The third kappa shape index (κ3) is 4.03. The molecule has 0 atom stereocenters. The maximum Gasteiger partial charge on any atom is 0.0701 e. The highest BCUT2D eigenvalue weighted by atomic mass is 79.9. The van der Waals surface area contributed by atoms with Crippen molar-refractivity contribution in [2.75, 3.05) is 13.6 Å². The first-order valence-corrected chi connectivity index (χ1v) is 8.98. The van der Waals surface area contributed by atoms with E-state index in [1.807, 2.05) is 0 Å². The van der Waals surface area contributed by atoms with Crippen LogP contribution in [0.1, 0.15) is 50.5 Å². The zero-order chi connectivity index (χ0) is 13.7. The fraction of sp³-hybridized carbons (Fsp3) is 0.733. The van der Waals surface area contributed by atoms with E-state index in [-0.39, 0.29) is 5.54 Å². The first-order valence-electron chi connectivity index (χ1n) is 7.30. The van der Waals surface area contributed by atoms with Crippen molar-refractivity contribution in [1.82, 2.24) is 4.90 Å². The quantitative estimate of drug-likeness (QED) is 0.877. The average molecular weight is 345 g/mol. The van der Waals surface area contributed by atoms with Crippen LogP contribution in [0.3, 0.4) is 0 Å². The largest absolute Gasteiger partial charge is 0.329 e. The van der Waals surface area contributed by atoms with Gasteiger partial charge in [0.1, 0.15) is 0 Å². The van der Waals surface area contributed by atoms with Gasteiger partial charge in [-0.25, -0.2) is 0 Å². The normalized spacial score (nSPS) is 20.2. The second-order valence-corrected chi connectivity index (χ2v) is 8.10. The van der Waals surface area contributed by atoms with E-state index < -0.39 is 0 Å². The number of hydrogen-bond donors (Lipinski definition) is 1. The third-order valence-corrected chi connectivity index (χ3v) is 6.07. The predicted molar refractivity (Wildman–Crippen MR) is 87.6 cm³/mol. The Morgan fingerprint density at radius 1 is 1.26 bits per heavy atom. The Morgan fingerprint density at radius 3 is 2.42 bits per heavy atom. The van der Waals surface area contributed by atoms with E-state index in [4.69, 9.17) is 5.73 Å². The van der Waals surface area contributed by atoms with Crippen LogP contribution >= 0.6 is 27.3 Å². The summed E-state index contributed by atoms with van der Waals surface area (Å²) < 4.78 is 1.22. The van der Waals surface area contributed by atoms with E-state index in [0.29, 0.717) is 0 Å². The Kier molecular flexibility index (Phi) is 5.87. The van der Waals surface area contributed by atoms with Crippen molar-refractivity contribution in [1.29, 1.82) is 0 Å². The van der Waals surface area contributed by atoms with Gasteiger partial charge in [0.25, 0.3) is 0 Å². The van der Waals surface area contributed by atoms with Crippen LogP contribution in [0.25, 0.3) is 0 Å². The number of rotatable bonds is 4. The van der Waals surface area contributed by atoms with Gasteiger partial charge in [-0.1, -0.05) is 32.1 Å². The molecule has 0 bridgehead atoms. The monoisotopic (exact) mass is 344 g/mol. The summed E-state index contributed by atoms with van der Waals surface area (Å²) in [5.74, 6) is 0. The smallest absolute Gasteiger partial charge is 0.0701 e. The van der Waals surface area contributed by atoms with Gasteiger partial charge in [-0.05, 0) is 52.8 Å². The van der Waals surface area contributed by atoms with E-state index in [2.05, 4.69) is 39.3 Å². The summed E-state index contributed by atoms with van der Waals surface area (Å²) in [7, 11) is 2.25. The Bertz CT molecular complexity index is 383. The summed E-state index contributed by atoms with van der Waals surface area (Å²) in [5, 5.41) is 2.24. The molecule has 0 aliphatic heterocycles. The van der Waals surface area contributed by atoms with Crippen LogP contribution in [-0.2, 0) is 6.54 Å². The number of likely N-dealkylation sites (N-methyl/N-ethyl adjacent to an activating group) is 1. The van der Waals surface area contributed by atoms with Gasteiger partial charge in [0.15, 0.2) is 0 Å². The summed E-state index contributed by atoms with van der Waals surface area (Å²) in [5.41, 5.74) is 7.78. The summed E-state index contributed by atoms with van der Waals surface area (Å²) in [6, 6.07) is 2.23. The molecule has 1 fully saturated rings. The molecule has 108 valence electrons. The van der Waals surface area contributed by atoms with Crippen LogP contribution in [0, 0.1) is 0 Å². The van der Waals surface area contributed by atoms with Gasteiger partial charge in [-0.2, -0.15) is 0 Å². The number of hydrogen-bond acceptors (Lipinski definition) is 3. The molecule has 1 aromatic heterocycles. The Labute approximate surface area is 129 Å². The van der Waals surface area contributed by atoms with Crippen molar-refractivity contribution in [2.24, 2.45) is 5.73 Å². The Hall–Kier alpha value is 0.1000. The van der Waals surface area contributed by atoms with Crippen molar-refractivity contribution in [2.45, 2.75) is 57.0 Å². The molecule has 1 heterocycles. The molecule has 2 rings (SSSR count). The lowest BCUT2D eigenvalue weighted by Gasteiger charge is -2.42. The zero-order valence-electron chi connectivity index (χ0n) is 11.8. The van der Waals surface area contributed by atoms with Gasteiger partial charge in [-0.3, -0.25) is 4.90 Å². The standard InChI is InChI=1S/C15H25BrN2S/c1-18(10-13-9-14(16)19-11-13)15(12-17)7-5-3-2-4-6-8-15/h9,11H,2-8,10,12,17H2,1H3. The van der Waals surface area contributed by atoms with E-state index in [9.17, 15) is 0 Å². The highest BCUT2D eigenvalue weighted by molar-refractivity contribution is 9.11. The lowest BCUT2D eigenvalue weighted by molar-refractivity contribution is 0.0867. The molecule has 2 nitrogen and oxygen atoms in total. The second kappa shape index (κ2) is 7.21. The first-order chi connectivity index (χ1) is 9.16. The average Bonchev–Trinajstić information content (AvgIpc) is 2.75. The van der Waals surface area contributed by atoms with Crippen LogP contribution in [-0.4, -0.2) is 24.0 Å². The van der Waals surface area contributed by atoms with Crippen molar-refractivity contribution in [3.63, 3.8) is 0 Å². The van der Waals surface area contributed by atoms with E-state index in [0.717, 1.165) is 13.1 Å². The highest BCUT2D eigenvalue weighted by Gasteiger charge is 2.33. The third-order valence-electron chi connectivity index (χ3n) is 4.52. The Morgan fingerprint density at radius 2 is 1.89 bits per heavy atom. The predicted octanol–water partition coefficient (Wildman–Crippen LogP) is 4.38. The molecule has 19 heavy (non-hydrogen) atoms. The van der Waals surface area contributed by atoms with Crippen molar-refractivity contribution in [3.8, 4) is 0 Å². The van der Waals surface area contributed by atoms with Crippen LogP contribution in [0.5, 0.6) is 0 Å². The molecule has 0 spiro atoms. The molecule has 0 unspecified atom stereocenters. The van der Waals surface area contributed by atoms with Gasteiger partial charge >= 0.3 is 0 Å². The minimum Gasteiger partial charge on any atom is -0.329 e. The van der Waals surface area contributed by atoms with Crippen LogP contribution < -0.4 is 5.73 Å². The molecule has 0 radical (unpaired) electrons. The topological polar surface area (TPSA) is 29.3 Å². The second-order valence-electron chi connectivity index (χ2n) is 5.81. The molecule has 4 heteroatoms. The fourth-order valence-corrected chi connectivity index (χ4v) is 4.38. The molecular formula is C15H25BrN2S. The summed E-state index contributed by atoms with van der Waals surface area (Å²) in [6.07, 6.45) is 9.32. The van der Waals surface area contributed by atoms with Crippen molar-refractivity contribution in [3.05, 3.63) is 20.8 Å². The van der Waals surface area contributed by atoms with Crippen LogP contribution in [0.15, 0.2) is 15.2 Å². The SMILES string of the molecule is CN(Cc1csc(Br)c1)C1(CN)CCCCCCC1. The molecule has 1 aromatic rings. The fourth-order valence-electron chi connectivity index (χ4n) is 3.18. The maximum atomic E-state index is 6.17. The van der Waals surface area contributed by atoms with E-state index in [1.54, 1.807) is 11.3 Å². The molecule has 1 aliphatic rings. The molecule has 0 amide bonds. The van der Waals surface area contributed by atoms with Gasteiger partial charge in [0, 0.05) is 18.6 Å². The minimum absolute atomic E-state index is 0.217. The number of nitrogens with zero attached hydrogens (tertiary/aromatic N) is 1. The maximum absolute atomic E-state index is 6.17. The highest BCUT2D eigenvalue weighted by Crippen LogP contribution is 2.32.